The van der Waals surface area contributed by atoms with E-state index in [9.17, 15) is 0 Å². The fourth-order valence-electron chi connectivity index (χ4n) is 2.24. The van der Waals surface area contributed by atoms with Gasteiger partial charge in [0.1, 0.15) is 0 Å². The van der Waals surface area contributed by atoms with Crippen LogP contribution < -0.4 is 10.6 Å². The van der Waals surface area contributed by atoms with Crippen molar-refractivity contribution in [1.82, 2.24) is 10.6 Å². The molecule has 1 aromatic carbocycles. The second-order valence-electron chi connectivity index (χ2n) is 6.21. The molecule has 1 aromatic rings. The predicted octanol–water partition coefficient (Wildman–Crippen LogP) is 4.20. The van der Waals surface area contributed by atoms with Crippen LogP contribution in [0.4, 0.5) is 0 Å². The molecule has 4 nitrogen and oxygen atoms in total. The van der Waals surface area contributed by atoms with Gasteiger partial charge in [0.2, 0.25) is 0 Å². The van der Waals surface area contributed by atoms with Gasteiger partial charge in [-0.2, -0.15) is 0 Å². The van der Waals surface area contributed by atoms with E-state index in [1.165, 1.54) is 18.4 Å². The van der Waals surface area contributed by atoms with Gasteiger partial charge in [0.15, 0.2) is 5.96 Å². The summed E-state index contributed by atoms with van der Waals surface area (Å²) in [4.78, 5) is 4.24. The number of hydrogen-bond acceptors (Lipinski definition) is 2. The Morgan fingerprint density at radius 1 is 1.04 bits per heavy atom. The van der Waals surface area contributed by atoms with E-state index < -0.39 is 0 Å². The lowest BCUT2D eigenvalue weighted by Gasteiger charge is -2.12. The normalized spacial score (nSPS) is 11.2. The van der Waals surface area contributed by atoms with Crippen molar-refractivity contribution in [2.75, 3.05) is 26.7 Å². The molecular weight excluding hydrogens is 413 g/mol. The van der Waals surface area contributed by atoms with E-state index in [2.05, 4.69) is 41.6 Å². The fraction of sp³-hybridized carbons (Fsp3) is 0.632. The van der Waals surface area contributed by atoms with E-state index in [1.54, 1.807) is 0 Å². The van der Waals surface area contributed by atoms with Gasteiger partial charge in [-0.3, -0.25) is 4.99 Å². The molecule has 0 saturated carbocycles. The maximum atomic E-state index is 5.68. The first-order chi connectivity index (χ1) is 11.2. The first-order valence-corrected chi connectivity index (χ1v) is 8.78. The molecule has 0 amide bonds. The van der Waals surface area contributed by atoms with Crippen molar-refractivity contribution in [2.45, 2.75) is 46.1 Å². The highest BCUT2D eigenvalue weighted by Crippen LogP contribution is 2.02. The Morgan fingerprint density at radius 2 is 1.71 bits per heavy atom. The Labute approximate surface area is 164 Å². The predicted molar refractivity (Wildman–Crippen MR) is 114 cm³/mol. The zero-order chi connectivity index (χ0) is 16.8. The van der Waals surface area contributed by atoms with Gasteiger partial charge in [0.25, 0.3) is 0 Å². The van der Waals surface area contributed by atoms with E-state index in [4.69, 9.17) is 4.74 Å². The van der Waals surface area contributed by atoms with Gasteiger partial charge in [-0.05, 0) is 37.2 Å². The fourth-order valence-corrected chi connectivity index (χ4v) is 2.24. The van der Waals surface area contributed by atoms with Crippen LogP contribution in [0.5, 0.6) is 0 Å². The summed E-state index contributed by atoms with van der Waals surface area (Å²) in [5, 5.41) is 6.71. The number of nitrogens with zero attached hydrogens (tertiary/aromatic N) is 1. The highest BCUT2D eigenvalue weighted by molar-refractivity contribution is 14.0. The van der Waals surface area contributed by atoms with Gasteiger partial charge >= 0.3 is 0 Å². The molecule has 0 saturated heterocycles. The van der Waals surface area contributed by atoms with Crippen molar-refractivity contribution in [3.63, 3.8) is 0 Å². The number of unbranched alkanes of at least 4 members (excludes halogenated alkanes) is 1. The Bertz CT molecular complexity index is 424. The van der Waals surface area contributed by atoms with Crippen LogP contribution in [0.15, 0.2) is 35.3 Å². The molecule has 138 valence electrons. The van der Waals surface area contributed by atoms with Crippen molar-refractivity contribution < 1.29 is 4.74 Å². The van der Waals surface area contributed by atoms with E-state index in [-0.39, 0.29) is 24.0 Å². The quantitative estimate of drug-likeness (QED) is 0.231. The molecule has 0 bridgehead atoms. The summed E-state index contributed by atoms with van der Waals surface area (Å²) in [6, 6.07) is 10.3. The van der Waals surface area contributed by atoms with Crippen LogP contribution in [0, 0.1) is 5.92 Å². The molecule has 0 aliphatic carbocycles. The van der Waals surface area contributed by atoms with Crippen LogP contribution in [0.2, 0.25) is 0 Å². The van der Waals surface area contributed by atoms with Gasteiger partial charge in [-0.1, -0.05) is 44.2 Å². The molecule has 0 spiro atoms. The van der Waals surface area contributed by atoms with Gasteiger partial charge in [0, 0.05) is 26.7 Å². The van der Waals surface area contributed by atoms with Crippen LogP contribution in [-0.4, -0.2) is 32.7 Å². The van der Waals surface area contributed by atoms with E-state index >= 15 is 0 Å². The number of rotatable bonds is 11. The summed E-state index contributed by atoms with van der Waals surface area (Å²) in [6.07, 6.45) is 4.58. The number of halogens is 1. The van der Waals surface area contributed by atoms with E-state index in [1.807, 2.05) is 25.2 Å². The number of guanidine groups is 1. The Hall–Kier alpha value is -0.820. The largest absolute Gasteiger partial charge is 0.377 e. The lowest BCUT2D eigenvalue weighted by atomic mass is 10.1. The summed E-state index contributed by atoms with van der Waals surface area (Å²) >= 11 is 0. The number of benzene rings is 1. The average Bonchev–Trinajstić information content (AvgIpc) is 2.56. The summed E-state index contributed by atoms with van der Waals surface area (Å²) in [6.45, 7) is 7.93. The summed E-state index contributed by atoms with van der Waals surface area (Å²) in [5.41, 5.74) is 1.23. The van der Waals surface area contributed by atoms with Crippen molar-refractivity contribution in [3.05, 3.63) is 35.9 Å². The molecule has 0 aliphatic rings. The zero-order valence-corrected chi connectivity index (χ0v) is 17.7. The van der Waals surface area contributed by atoms with Crippen molar-refractivity contribution >= 4 is 29.9 Å². The van der Waals surface area contributed by atoms with E-state index in [0.717, 1.165) is 44.4 Å². The molecule has 2 N–H and O–H groups in total. The monoisotopic (exact) mass is 447 g/mol. The molecule has 24 heavy (non-hydrogen) atoms. The second kappa shape index (κ2) is 15.7. The number of nitrogens with one attached hydrogen (secondary N) is 2. The third kappa shape index (κ3) is 12.6. The zero-order valence-electron chi connectivity index (χ0n) is 15.4. The van der Waals surface area contributed by atoms with Crippen molar-refractivity contribution in [1.29, 1.82) is 0 Å². The minimum atomic E-state index is 0. The van der Waals surface area contributed by atoms with Crippen LogP contribution >= 0.6 is 24.0 Å². The molecule has 1 rings (SSSR count). The molecule has 5 heteroatoms. The average molecular weight is 447 g/mol. The maximum Gasteiger partial charge on any atom is 0.190 e. The first-order valence-electron chi connectivity index (χ1n) is 8.78. The Kier molecular flexibility index (Phi) is 15.2. The minimum absolute atomic E-state index is 0. The smallest absolute Gasteiger partial charge is 0.190 e. The number of ether oxygens (including phenoxy) is 1. The van der Waals surface area contributed by atoms with Crippen LogP contribution in [0.25, 0.3) is 0 Å². The van der Waals surface area contributed by atoms with Crippen LogP contribution in [0.3, 0.4) is 0 Å². The first kappa shape index (κ1) is 23.2. The molecule has 0 radical (unpaired) electrons. The molecular formula is C19H34IN3O. The van der Waals surface area contributed by atoms with Crippen molar-refractivity contribution in [2.24, 2.45) is 10.9 Å². The molecule has 0 heterocycles. The van der Waals surface area contributed by atoms with E-state index in [0.29, 0.717) is 6.61 Å². The number of aliphatic imine (C=N–C) groups is 1. The Balaban J connectivity index is 0.00000529. The van der Waals surface area contributed by atoms with Gasteiger partial charge in [-0.15, -0.1) is 24.0 Å². The maximum absolute atomic E-state index is 5.68. The summed E-state index contributed by atoms with van der Waals surface area (Å²) in [5.74, 6) is 1.67. The summed E-state index contributed by atoms with van der Waals surface area (Å²) in [7, 11) is 1.82. The molecule has 0 fully saturated rings. The van der Waals surface area contributed by atoms with Crippen LogP contribution in [0.1, 0.15) is 45.1 Å². The molecule has 0 aliphatic heterocycles. The molecule has 0 unspecified atom stereocenters. The third-order valence-electron chi connectivity index (χ3n) is 3.59. The highest BCUT2D eigenvalue weighted by atomic mass is 127. The van der Waals surface area contributed by atoms with Gasteiger partial charge in [0.05, 0.1) is 6.61 Å². The highest BCUT2D eigenvalue weighted by Gasteiger charge is 1.98. The third-order valence-corrected chi connectivity index (χ3v) is 3.59. The molecule has 0 aromatic heterocycles. The van der Waals surface area contributed by atoms with Crippen molar-refractivity contribution in [3.8, 4) is 0 Å². The van der Waals surface area contributed by atoms with Gasteiger partial charge < -0.3 is 15.4 Å². The SMILES string of the molecule is CN=C(NCCCCOCc1ccccc1)NCCCC(C)C.I. The summed E-state index contributed by atoms with van der Waals surface area (Å²) < 4.78 is 5.68. The number of hydrogen-bond donors (Lipinski definition) is 2. The lowest BCUT2D eigenvalue weighted by molar-refractivity contribution is 0.117. The Morgan fingerprint density at radius 3 is 2.33 bits per heavy atom. The minimum Gasteiger partial charge on any atom is -0.377 e. The standard InChI is InChI=1S/C19H33N3O.HI/c1-17(2)10-9-14-22-19(20-3)21-13-7-8-15-23-16-18-11-5-4-6-12-18;/h4-6,11-12,17H,7-10,13-16H2,1-3H3,(H2,20,21,22);1H. The van der Waals surface area contributed by atoms with Crippen LogP contribution in [-0.2, 0) is 11.3 Å². The molecule has 0 atom stereocenters. The second-order valence-corrected chi connectivity index (χ2v) is 6.21. The topological polar surface area (TPSA) is 45.7 Å². The van der Waals surface area contributed by atoms with Gasteiger partial charge in [-0.25, -0.2) is 0 Å². The lowest BCUT2D eigenvalue weighted by Crippen LogP contribution is -2.38.